The Hall–Kier alpha value is -8.73. The predicted octanol–water partition coefficient (Wildman–Crippen LogP) is 15.1. The quantitative estimate of drug-likeness (QED) is 0.177. The molecule has 0 aliphatic heterocycles. The molecule has 3 aliphatic rings. The maximum absolute atomic E-state index is 5.35. The molecule has 1 spiro atoms. The molecule has 4 nitrogen and oxygen atoms in total. The zero-order chi connectivity index (χ0) is 43.1. The SMILES string of the molecule is c1ccc2c(c1)-c1cc(-n3c4ccccc4c4ccccc43)ccc1C21c2ccccc2-c2c1cc1c(c2-c2cc(-c3ccncc3)nc(-c3ccncc3)c2)-c2cccc3cccc-1c23. The highest BCUT2D eigenvalue weighted by Gasteiger charge is 2.53. The fraction of sp³-hybridized carbons (Fsp3) is 0.0161. The summed E-state index contributed by atoms with van der Waals surface area (Å²) in [6.07, 6.45) is 7.42. The van der Waals surface area contributed by atoms with Crippen molar-refractivity contribution in [2.75, 3.05) is 0 Å². The van der Waals surface area contributed by atoms with Gasteiger partial charge in [0.15, 0.2) is 0 Å². The first-order chi connectivity index (χ1) is 32.8. The van der Waals surface area contributed by atoms with Gasteiger partial charge in [0.1, 0.15) is 0 Å². The lowest BCUT2D eigenvalue weighted by Gasteiger charge is -2.31. The summed E-state index contributed by atoms with van der Waals surface area (Å²) in [4.78, 5) is 14.1. The number of nitrogens with zero attached hydrogens (tertiary/aromatic N) is 4. The van der Waals surface area contributed by atoms with Gasteiger partial charge >= 0.3 is 0 Å². The third-order valence-electron chi connectivity index (χ3n) is 14.7. The molecular weight excluding hydrogens is 801 g/mol. The van der Waals surface area contributed by atoms with Crippen molar-refractivity contribution in [3.63, 3.8) is 0 Å². The Morgan fingerprint density at radius 1 is 0.348 bits per heavy atom. The van der Waals surface area contributed by atoms with Gasteiger partial charge in [0.25, 0.3) is 0 Å². The number of hydrogen-bond donors (Lipinski definition) is 0. The summed E-state index contributed by atoms with van der Waals surface area (Å²) in [5.41, 5.74) is 24.6. The second-order valence-corrected chi connectivity index (χ2v) is 17.8. The molecule has 4 aromatic heterocycles. The van der Waals surface area contributed by atoms with Crippen LogP contribution in [0.2, 0.25) is 0 Å². The first-order valence-electron chi connectivity index (χ1n) is 22.7. The van der Waals surface area contributed by atoms with Gasteiger partial charge in [-0.1, -0.05) is 127 Å². The first-order valence-corrected chi connectivity index (χ1v) is 22.7. The number of rotatable bonds is 4. The van der Waals surface area contributed by atoms with Gasteiger partial charge in [-0.3, -0.25) is 9.97 Å². The molecule has 0 radical (unpaired) electrons. The van der Waals surface area contributed by atoms with E-state index in [2.05, 4.69) is 209 Å². The van der Waals surface area contributed by atoms with Gasteiger partial charge in [-0.25, -0.2) is 4.98 Å². The van der Waals surface area contributed by atoms with Crippen LogP contribution in [0.3, 0.4) is 0 Å². The molecule has 0 N–H and O–H groups in total. The summed E-state index contributed by atoms with van der Waals surface area (Å²) < 4.78 is 2.45. The Kier molecular flexibility index (Phi) is 7.12. The Balaban J connectivity index is 1.08. The monoisotopic (exact) mass is 836 g/mol. The van der Waals surface area contributed by atoms with Gasteiger partial charge in [0, 0.05) is 52.4 Å². The van der Waals surface area contributed by atoms with E-state index in [1.807, 2.05) is 24.8 Å². The number of hydrogen-bond acceptors (Lipinski definition) is 3. The van der Waals surface area contributed by atoms with E-state index >= 15 is 0 Å². The van der Waals surface area contributed by atoms with Crippen LogP contribution in [0.5, 0.6) is 0 Å². The van der Waals surface area contributed by atoms with Crippen LogP contribution >= 0.6 is 0 Å². The van der Waals surface area contributed by atoms with Crippen molar-refractivity contribution in [3.8, 4) is 83.8 Å². The van der Waals surface area contributed by atoms with Crippen molar-refractivity contribution in [3.05, 3.63) is 241 Å². The Labute approximate surface area is 380 Å². The Bertz CT molecular complexity index is 3940. The van der Waals surface area contributed by atoms with Crippen LogP contribution in [-0.2, 0) is 5.41 Å². The molecule has 4 heterocycles. The molecule has 66 heavy (non-hydrogen) atoms. The zero-order valence-corrected chi connectivity index (χ0v) is 35.6. The normalized spacial score (nSPS) is 14.7. The van der Waals surface area contributed by atoms with Gasteiger partial charge in [-0.2, -0.15) is 0 Å². The molecule has 0 saturated heterocycles. The topological polar surface area (TPSA) is 43.6 Å². The highest BCUT2D eigenvalue weighted by molar-refractivity contribution is 6.21. The summed E-state index contributed by atoms with van der Waals surface area (Å²) in [5, 5.41) is 5.08. The molecule has 3 aliphatic carbocycles. The maximum atomic E-state index is 5.35. The largest absolute Gasteiger partial charge is 0.309 e. The minimum Gasteiger partial charge on any atom is -0.309 e. The van der Waals surface area contributed by atoms with E-state index in [-0.39, 0.29) is 0 Å². The van der Waals surface area contributed by atoms with Gasteiger partial charge < -0.3 is 4.57 Å². The lowest BCUT2D eigenvalue weighted by atomic mass is 9.69. The van der Waals surface area contributed by atoms with E-state index in [0.29, 0.717) is 0 Å². The molecule has 4 heteroatoms. The number of pyridine rings is 3. The van der Waals surface area contributed by atoms with Gasteiger partial charge in [-0.15, -0.1) is 0 Å². The Morgan fingerprint density at radius 3 is 1.59 bits per heavy atom. The fourth-order valence-corrected chi connectivity index (χ4v) is 12.2. The van der Waals surface area contributed by atoms with Gasteiger partial charge in [0.05, 0.1) is 27.8 Å². The van der Waals surface area contributed by atoms with E-state index in [4.69, 9.17) is 4.98 Å². The van der Waals surface area contributed by atoms with Crippen molar-refractivity contribution in [1.29, 1.82) is 0 Å². The first kappa shape index (κ1) is 35.7. The van der Waals surface area contributed by atoms with Crippen molar-refractivity contribution < 1.29 is 0 Å². The smallest absolute Gasteiger partial charge is 0.0726 e. The summed E-state index contributed by atoms with van der Waals surface area (Å²) >= 11 is 0. The number of benzene rings is 8. The van der Waals surface area contributed by atoms with Gasteiger partial charge in [-0.05, 0) is 155 Å². The van der Waals surface area contributed by atoms with Crippen LogP contribution in [-0.4, -0.2) is 19.5 Å². The minimum atomic E-state index is -0.585. The number of fused-ring (bicyclic) bond motifs is 16. The standard InChI is InChI=1S/C62H36N4/c1-5-19-50-42(13-1)48-35-41(66-56-21-7-3-14-43(56)44-15-4-8-22-57(44)66)23-24-52(48)62(50)51-20-6-2-16-46(51)61-53(62)36-49-45-17-9-11-39-12-10-18-47(58(39)45)60(49)59(61)40-33-54(37-25-29-63-30-26-37)65-55(34-40)38-27-31-64-32-28-38/h1-36H. The van der Waals surface area contributed by atoms with Crippen LogP contribution in [0, 0.1) is 0 Å². The van der Waals surface area contributed by atoms with Crippen LogP contribution in [0.15, 0.2) is 219 Å². The van der Waals surface area contributed by atoms with E-state index in [1.165, 1.54) is 105 Å². The molecule has 0 bridgehead atoms. The van der Waals surface area contributed by atoms with E-state index in [1.54, 1.807) is 0 Å². The Morgan fingerprint density at radius 2 is 0.909 bits per heavy atom. The fourth-order valence-electron chi connectivity index (χ4n) is 12.2. The number of aromatic nitrogens is 4. The molecule has 304 valence electrons. The summed E-state index contributed by atoms with van der Waals surface area (Å²) in [6.45, 7) is 0. The minimum absolute atomic E-state index is 0.585. The van der Waals surface area contributed by atoms with E-state index in [0.717, 1.165) is 33.8 Å². The maximum Gasteiger partial charge on any atom is 0.0726 e. The van der Waals surface area contributed by atoms with E-state index < -0.39 is 5.41 Å². The predicted molar refractivity (Wildman–Crippen MR) is 269 cm³/mol. The molecule has 0 saturated carbocycles. The van der Waals surface area contributed by atoms with Crippen LogP contribution in [0.4, 0.5) is 0 Å². The molecule has 12 aromatic rings. The molecule has 0 fully saturated rings. The van der Waals surface area contributed by atoms with Crippen LogP contribution < -0.4 is 0 Å². The van der Waals surface area contributed by atoms with Gasteiger partial charge in [0.2, 0.25) is 0 Å². The molecule has 1 atom stereocenters. The van der Waals surface area contributed by atoms with Crippen molar-refractivity contribution >= 4 is 32.6 Å². The average Bonchev–Trinajstić information content (AvgIpc) is 4.09. The van der Waals surface area contributed by atoms with Crippen LogP contribution in [0.1, 0.15) is 22.3 Å². The van der Waals surface area contributed by atoms with Crippen molar-refractivity contribution in [1.82, 2.24) is 19.5 Å². The van der Waals surface area contributed by atoms with Crippen LogP contribution in [0.25, 0.3) is 116 Å². The average molecular weight is 837 g/mol. The lowest BCUT2D eigenvalue weighted by Crippen LogP contribution is -2.26. The molecule has 8 aromatic carbocycles. The van der Waals surface area contributed by atoms with Crippen molar-refractivity contribution in [2.45, 2.75) is 5.41 Å². The third kappa shape index (κ3) is 4.59. The molecule has 15 rings (SSSR count). The molecule has 1 unspecified atom stereocenters. The summed E-state index contributed by atoms with van der Waals surface area (Å²) in [6, 6.07) is 72.3. The lowest BCUT2D eigenvalue weighted by molar-refractivity contribution is 0.794. The molecule has 0 amide bonds. The van der Waals surface area contributed by atoms with Crippen molar-refractivity contribution in [2.24, 2.45) is 0 Å². The highest BCUT2D eigenvalue weighted by Crippen LogP contribution is 2.67. The highest BCUT2D eigenvalue weighted by atomic mass is 15.0. The second-order valence-electron chi connectivity index (χ2n) is 17.8. The summed E-state index contributed by atoms with van der Waals surface area (Å²) in [7, 11) is 0. The zero-order valence-electron chi connectivity index (χ0n) is 35.6. The number of para-hydroxylation sites is 2. The molecular formula is C62H36N4. The van der Waals surface area contributed by atoms with E-state index in [9.17, 15) is 0 Å². The third-order valence-corrected chi connectivity index (χ3v) is 14.7. The summed E-state index contributed by atoms with van der Waals surface area (Å²) in [5.74, 6) is 0. The second kappa shape index (κ2) is 13.2.